The van der Waals surface area contributed by atoms with E-state index in [9.17, 15) is 0 Å². The lowest BCUT2D eigenvalue weighted by Gasteiger charge is -2.43. The van der Waals surface area contributed by atoms with Crippen LogP contribution in [0.3, 0.4) is 0 Å². The fourth-order valence-electron chi connectivity index (χ4n) is 3.33. The van der Waals surface area contributed by atoms with Crippen molar-refractivity contribution in [1.29, 1.82) is 5.41 Å². The Labute approximate surface area is 93.6 Å². The Morgan fingerprint density at radius 1 is 1.20 bits per heavy atom. The van der Waals surface area contributed by atoms with Crippen molar-refractivity contribution in [3.63, 3.8) is 0 Å². The first-order valence-corrected chi connectivity index (χ1v) is 6.52. The minimum atomic E-state index is 0.675. The number of nitrogens with one attached hydrogen (secondary N) is 1. The summed E-state index contributed by atoms with van der Waals surface area (Å²) in [5, 5.41) is 8.05. The molecule has 2 rings (SSSR count). The van der Waals surface area contributed by atoms with Gasteiger partial charge in [0.05, 0.1) is 5.84 Å². The molecule has 15 heavy (non-hydrogen) atoms. The van der Waals surface area contributed by atoms with Crippen molar-refractivity contribution in [3.8, 4) is 0 Å². The lowest BCUT2D eigenvalue weighted by atomic mass is 9.78. The van der Waals surface area contributed by atoms with Crippen LogP contribution in [-0.2, 0) is 0 Å². The summed E-state index contributed by atoms with van der Waals surface area (Å²) in [6.45, 7) is 5.89. The molecular weight excluding hydrogens is 184 g/mol. The number of amidine groups is 1. The molecule has 1 saturated heterocycles. The molecule has 2 aliphatic rings. The third kappa shape index (κ3) is 2.35. The molecule has 86 valence electrons. The minimum Gasteiger partial charge on any atom is -0.357 e. The van der Waals surface area contributed by atoms with Gasteiger partial charge >= 0.3 is 0 Å². The molecule has 0 aromatic heterocycles. The van der Waals surface area contributed by atoms with Crippen LogP contribution in [0.25, 0.3) is 0 Å². The molecule has 2 heteroatoms. The van der Waals surface area contributed by atoms with Crippen LogP contribution in [0, 0.1) is 17.2 Å². The SMILES string of the molecule is CC1CCC(N2CCCCC2=N)C(C)C1. The van der Waals surface area contributed by atoms with Crippen LogP contribution >= 0.6 is 0 Å². The summed E-state index contributed by atoms with van der Waals surface area (Å²) in [6.07, 6.45) is 7.56. The Morgan fingerprint density at radius 2 is 2.00 bits per heavy atom. The van der Waals surface area contributed by atoms with E-state index in [2.05, 4.69) is 18.7 Å². The second-order valence-corrected chi connectivity index (χ2v) is 5.56. The summed E-state index contributed by atoms with van der Waals surface area (Å²) < 4.78 is 0. The molecule has 0 spiro atoms. The van der Waals surface area contributed by atoms with Gasteiger partial charge in [-0.3, -0.25) is 5.41 Å². The van der Waals surface area contributed by atoms with Gasteiger partial charge in [-0.2, -0.15) is 0 Å². The van der Waals surface area contributed by atoms with E-state index >= 15 is 0 Å². The largest absolute Gasteiger partial charge is 0.357 e. The van der Waals surface area contributed by atoms with E-state index in [1.54, 1.807) is 0 Å². The fourth-order valence-corrected chi connectivity index (χ4v) is 3.33. The van der Waals surface area contributed by atoms with Crippen molar-refractivity contribution in [2.45, 2.75) is 58.4 Å². The smallest absolute Gasteiger partial charge is 0.0960 e. The first-order valence-electron chi connectivity index (χ1n) is 6.52. The number of piperidine rings is 1. The Balaban J connectivity index is 1.99. The first-order chi connectivity index (χ1) is 7.18. The molecule has 3 atom stereocenters. The number of likely N-dealkylation sites (tertiary alicyclic amines) is 1. The summed E-state index contributed by atoms with van der Waals surface area (Å²) in [7, 11) is 0. The second-order valence-electron chi connectivity index (χ2n) is 5.56. The van der Waals surface area contributed by atoms with Gasteiger partial charge in [-0.05, 0) is 43.9 Å². The normalized spacial score (nSPS) is 38.1. The zero-order valence-corrected chi connectivity index (χ0v) is 10.1. The molecular formula is C13H24N2. The minimum absolute atomic E-state index is 0.675. The Kier molecular flexibility index (Phi) is 3.32. The third-order valence-corrected chi connectivity index (χ3v) is 4.20. The van der Waals surface area contributed by atoms with Gasteiger partial charge in [0.2, 0.25) is 0 Å². The molecule has 0 aromatic rings. The molecule has 3 unspecified atom stereocenters. The van der Waals surface area contributed by atoms with Crippen LogP contribution in [0.5, 0.6) is 0 Å². The average molecular weight is 208 g/mol. The zero-order valence-electron chi connectivity index (χ0n) is 10.1. The monoisotopic (exact) mass is 208 g/mol. The molecule has 1 N–H and O–H groups in total. The van der Waals surface area contributed by atoms with Crippen molar-refractivity contribution >= 4 is 5.84 Å². The van der Waals surface area contributed by atoms with Gasteiger partial charge in [0, 0.05) is 19.0 Å². The van der Waals surface area contributed by atoms with Crippen LogP contribution in [0.15, 0.2) is 0 Å². The second kappa shape index (κ2) is 4.54. The van der Waals surface area contributed by atoms with Crippen LogP contribution in [0.2, 0.25) is 0 Å². The third-order valence-electron chi connectivity index (χ3n) is 4.20. The molecule has 0 bridgehead atoms. The van der Waals surface area contributed by atoms with E-state index in [0.29, 0.717) is 6.04 Å². The number of hydrogen-bond acceptors (Lipinski definition) is 1. The maximum atomic E-state index is 8.05. The van der Waals surface area contributed by atoms with Crippen molar-refractivity contribution < 1.29 is 0 Å². The lowest BCUT2D eigenvalue weighted by Crippen LogP contribution is -2.48. The van der Waals surface area contributed by atoms with Gasteiger partial charge in [0.15, 0.2) is 0 Å². The summed E-state index contributed by atoms with van der Waals surface area (Å²) >= 11 is 0. The highest BCUT2D eigenvalue weighted by Crippen LogP contribution is 2.33. The van der Waals surface area contributed by atoms with Crippen molar-refractivity contribution in [2.24, 2.45) is 11.8 Å². The first kappa shape index (κ1) is 11.0. The van der Waals surface area contributed by atoms with Crippen molar-refractivity contribution in [3.05, 3.63) is 0 Å². The Morgan fingerprint density at radius 3 is 2.67 bits per heavy atom. The van der Waals surface area contributed by atoms with Gasteiger partial charge < -0.3 is 4.90 Å². The van der Waals surface area contributed by atoms with Crippen LogP contribution in [-0.4, -0.2) is 23.3 Å². The van der Waals surface area contributed by atoms with E-state index in [1.807, 2.05) is 0 Å². The molecule has 0 amide bonds. The molecule has 1 heterocycles. The number of nitrogens with zero attached hydrogens (tertiary/aromatic N) is 1. The highest BCUT2D eigenvalue weighted by atomic mass is 15.2. The van der Waals surface area contributed by atoms with Gasteiger partial charge in [-0.15, -0.1) is 0 Å². The van der Waals surface area contributed by atoms with E-state index in [4.69, 9.17) is 5.41 Å². The van der Waals surface area contributed by atoms with E-state index in [0.717, 1.165) is 30.6 Å². The summed E-state index contributed by atoms with van der Waals surface area (Å²) in [5.41, 5.74) is 0. The summed E-state index contributed by atoms with van der Waals surface area (Å²) in [5.74, 6) is 2.59. The molecule has 2 fully saturated rings. The molecule has 1 aliphatic carbocycles. The van der Waals surface area contributed by atoms with Crippen LogP contribution < -0.4 is 0 Å². The summed E-state index contributed by atoms with van der Waals surface area (Å²) in [6, 6.07) is 0.675. The van der Waals surface area contributed by atoms with E-state index in [1.165, 1.54) is 32.1 Å². The molecule has 0 aromatic carbocycles. The molecule has 1 saturated carbocycles. The quantitative estimate of drug-likeness (QED) is 0.703. The topological polar surface area (TPSA) is 27.1 Å². The molecule has 1 aliphatic heterocycles. The molecule has 0 radical (unpaired) electrons. The lowest BCUT2D eigenvalue weighted by molar-refractivity contribution is 0.140. The van der Waals surface area contributed by atoms with Crippen molar-refractivity contribution in [1.82, 2.24) is 4.90 Å². The van der Waals surface area contributed by atoms with E-state index < -0.39 is 0 Å². The predicted molar refractivity (Wildman–Crippen MR) is 64.3 cm³/mol. The maximum Gasteiger partial charge on any atom is 0.0960 e. The van der Waals surface area contributed by atoms with Crippen LogP contribution in [0.4, 0.5) is 0 Å². The average Bonchev–Trinajstić information content (AvgIpc) is 2.20. The zero-order chi connectivity index (χ0) is 10.8. The van der Waals surface area contributed by atoms with Gasteiger partial charge in [-0.1, -0.05) is 13.8 Å². The standard InChI is InChI=1S/C13H24N2/c1-10-6-7-12(11(2)9-10)15-8-4-3-5-13(15)14/h10-12,14H,3-9H2,1-2H3. The summed E-state index contributed by atoms with van der Waals surface area (Å²) in [4.78, 5) is 2.40. The highest BCUT2D eigenvalue weighted by Gasteiger charge is 2.31. The Bertz CT molecular complexity index is 237. The maximum absolute atomic E-state index is 8.05. The number of rotatable bonds is 1. The van der Waals surface area contributed by atoms with Gasteiger partial charge in [0.1, 0.15) is 0 Å². The van der Waals surface area contributed by atoms with Crippen LogP contribution in [0.1, 0.15) is 52.4 Å². The fraction of sp³-hybridized carbons (Fsp3) is 0.923. The van der Waals surface area contributed by atoms with Crippen molar-refractivity contribution in [2.75, 3.05) is 6.54 Å². The molecule has 2 nitrogen and oxygen atoms in total. The predicted octanol–water partition coefficient (Wildman–Crippen LogP) is 3.27. The highest BCUT2D eigenvalue weighted by molar-refractivity contribution is 5.80. The van der Waals surface area contributed by atoms with Gasteiger partial charge in [0.25, 0.3) is 0 Å². The number of hydrogen-bond donors (Lipinski definition) is 1. The van der Waals surface area contributed by atoms with E-state index in [-0.39, 0.29) is 0 Å². The Hall–Kier alpha value is -0.530. The van der Waals surface area contributed by atoms with Gasteiger partial charge in [-0.25, -0.2) is 0 Å².